The van der Waals surface area contributed by atoms with E-state index in [0.29, 0.717) is 24.3 Å². The first-order valence-electron chi connectivity index (χ1n) is 8.96. The summed E-state index contributed by atoms with van der Waals surface area (Å²) in [6.07, 6.45) is 3.31. The van der Waals surface area contributed by atoms with Crippen molar-refractivity contribution >= 4 is 21.6 Å². The van der Waals surface area contributed by atoms with Crippen molar-refractivity contribution in [3.05, 3.63) is 23.8 Å². The molecule has 1 unspecified atom stereocenters. The smallest absolute Gasteiger partial charge is 0.264 e. The summed E-state index contributed by atoms with van der Waals surface area (Å²) in [7, 11) is -3.63. The van der Waals surface area contributed by atoms with E-state index in [0.717, 1.165) is 25.7 Å². The number of aliphatic hydroxyl groups is 1. The van der Waals surface area contributed by atoms with Crippen LogP contribution in [0.4, 0.5) is 5.69 Å². The van der Waals surface area contributed by atoms with Crippen LogP contribution < -0.4 is 4.90 Å². The monoisotopic (exact) mass is 375 g/mol. The van der Waals surface area contributed by atoms with Crippen LogP contribution in [0.2, 0.25) is 0 Å². The van der Waals surface area contributed by atoms with E-state index in [-0.39, 0.29) is 23.8 Å². The highest BCUT2D eigenvalue weighted by Crippen LogP contribution is 2.53. The van der Waals surface area contributed by atoms with Crippen LogP contribution in [0.3, 0.4) is 0 Å². The Hall–Kier alpha value is -1.95. The molecule has 26 heavy (non-hydrogen) atoms. The molecule has 2 heterocycles. The predicted octanol–water partition coefficient (Wildman–Crippen LogP) is 1.33. The van der Waals surface area contributed by atoms with Gasteiger partial charge in [0.2, 0.25) is 10.0 Å². The second kappa shape index (κ2) is 6.05. The fourth-order valence-electron chi connectivity index (χ4n) is 4.00. The fraction of sp³-hybridized carbons (Fsp3) is 0.556. The quantitative estimate of drug-likeness (QED) is 0.836. The van der Waals surface area contributed by atoms with Gasteiger partial charge in [-0.25, -0.2) is 8.42 Å². The number of hydrogen-bond donors (Lipinski definition) is 1. The van der Waals surface area contributed by atoms with E-state index in [4.69, 9.17) is 5.26 Å². The lowest BCUT2D eigenvalue weighted by Crippen LogP contribution is -2.42. The van der Waals surface area contributed by atoms with Gasteiger partial charge in [-0.3, -0.25) is 4.79 Å². The highest BCUT2D eigenvalue weighted by Gasteiger charge is 2.58. The van der Waals surface area contributed by atoms with Crippen molar-refractivity contribution in [1.82, 2.24) is 4.31 Å². The van der Waals surface area contributed by atoms with E-state index in [1.807, 2.05) is 6.07 Å². The molecule has 7 nitrogen and oxygen atoms in total. The number of anilines is 1. The molecule has 1 saturated heterocycles. The van der Waals surface area contributed by atoms with Gasteiger partial charge in [0.1, 0.15) is 0 Å². The van der Waals surface area contributed by atoms with Crippen molar-refractivity contribution in [2.45, 2.75) is 42.6 Å². The molecule has 0 bridgehead atoms. The molecule has 138 valence electrons. The fourth-order valence-corrected chi connectivity index (χ4v) is 5.55. The standard InChI is InChI=1S/C18H21N3O4S/c19-8-3-11-21-16-7-6-14(26(24,25)20-9-1-2-10-20)12-15(16)18(23,17(21)22)13-4-5-13/h6-7,12-13,23H,1-5,9-11H2. The van der Waals surface area contributed by atoms with Gasteiger partial charge in [0.15, 0.2) is 5.60 Å². The first-order chi connectivity index (χ1) is 12.4. The Labute approximate surface area is 152 Å². The first-order valence-corrected chi connectivity index (χ1v) is 10.4. The van der Waals surface area contributed by atoms with Gasteiger partial charge < -0.3 is 10.0 Å². The molecule has 0 aromatic heterocycles. The lowest BCUT2D eigenvalue weighted by atomic mass is 9.90. The maximum Gasteiger partial charge on any atom is 0.264 e. The number of carbonyl (C=O) groups excluding carboxylic acids is 1. The van der Waals surface area contributed by atoms with Crippen LogP contribution in [-0.4, -0.2) is 43.4 Å². The number of nitriles is 1. The minimum atomic E-state index is -3.63. The van der Waals surface area contributed by atoms with Crippen LogP contribution in [0.25, 0.3) is 0 Å². The van der Waals surface area contributed by atoms with E-state index < -0.39 is 21.5 Å². The highest BCUT2D eigenvalue weighted by atomic mass is 32.2. The van der Waals surface area contributed by atoms with Crippen LogP contribution >= 0.6 is 0 Å². The molecule has 2 aliphatic heterocycles. The molecular formula is C18H21N3O4S. The van der Waals surface area contributed by atoms with Gasteiger partial charge in [-0.15, -0.1) is 0 Å². The third kappa shape index (κ3) is 2.46. The molecule has 3 aliphatic rings. The largest absolute Gasteiger partial charge is 0.375 e. The minimum Gasteiger partial charge on any atom is -0.375 e. The molecule has 1 amide bonds. The Morgan fingerprint density at radius 1 is 1.27 bits per heavy atom. The van der Waals surface area contributed by atoms with Gasteiger partial charge in [0.05, 0.1) is 23.1 Å². The summed E-state index contributed by atoms with van der Waals surface area (Å²) in [4.78, 5) is 14.4. The van der Waals surface area contributed by atoms with Crippen LogP contribution in [0.1, 0.15) is 37.7 Å². The molecular weight excluding hydrogens is 354 g/mol. The Balaban J connectivity index is 1.79. The summed E-state index contributed by atoms with van der Waals surface area (Å²) >= 11 is 0. The topological polar surface area (TPSA) is 102 Å². The van der Waals surface area contributed by atoms with Crippen molar-refractivity contribution in [1.29, 1.82) is 5.26 Å². The van der Waals surface area contributed by atoms with Crippen LogP contribution in [0.5, 0.6) is 0 Å². The number of sulfonamides is 1. The summed E-state index contributed by atoms with van der Waals surface area (Å²) in [6, 6.07) is 6.57. The van der Waals surface area contributed by atoms with Crippen LogP contribution in [-0.2, 0) is 20.4 Å². The Morgan fingerprint density at radius 3 is 2.58 bits per heavy atom. The van der Waals surface area contributed by atoms with E-state index in [2.05, 4.69) is 0 Å². The van der Waals surface area contributed by atoms with E-state index in [9.17, 15) is 18.3 Å². The van der Waals surface area contributed by atoms with Gasteiger partial charge in [-0.1, -0.05) is 0 Å². The lowest BCUT2D eigenvalue weighted by Gasteiger charge is -2.22. The molecule has 1 aliphatic carbocycles. The second-order valence-electron chi connectivity index (χ2n) is 7.20. The van der Waals surface area contributed by atoms with Gasteiger partial charge in [-0.05, 0) is 43.9 Å². The van der Waals surface area contributed by atoms with Crippen molar-refractivity contribution in [3.63, 3.8) is 0 Å². The van der Waals surface area contributed by atoms with Crippen LogP contribution in [0, 0.1) is 17.2 Å². The average Bonchev–Trinajstić information content (AvgIpc) is 3.29. The zero-order chi connectivity index (χ0) is 18.5. The molecule has 1 saturated carbocycles. The number of rotatable bonds is 5. The number of amides is 1. The Bertz CT molecular complexity index is 898. The summed E-state index contributed by atoms with van der Waals surface area (Å²) in [5.74, 6) is -0.633. The zero-order valence-electron chi connectivity index (χ0n) is 14.4. The summed E-state index contributed by atoms with van der Waals surface area (Å²) in [5, 5.41) is 20.0. The second-order valence-corrected chi connectivity index (χ2v) is 9.13. The summed E-state index contributed by atoms with van der Waals surface area (Å²) in [6.45, 7) is 1.19. The first kappa shape index (κ1) is 17.5. The lowest BCUT2D eigenvalue weighted by molar-refractivity contribution is -0.138. The van der Waals surface area contributed by atoms with E-state index in [1.165, 1.54) is 21.3 Å². The molecule has 0 radical (unpaired) electrons. The maximum absolute atomic E-state index is 12.9. The van der Waals surface area contributed by atoms with Gasteiger partial charge >= 0.3 is 0 Å². The number of nitrogens with zero attached hydrogens (tertiary/aromatic N) is 3. The molecule has 8 heteroatoms. The Kier molecular flexibility index (Phi) is 4.06. The molecule has 4 rings (SSSR count). The predicted molar refractivity (Wildman–Crippen MR) is 93.6 cm³/mol. The number of hydrogen-bond acceptors (Lipinski definition) is 5. The molecule has 2 fully saturated rings. The number of carbonyl (C=O) groups is 1. The average molecular weight is 375 g/mol. The van der Waals surface area contributed by atoms with Gasteiger partial charge in [-0.2, -0.15) is 9.57 Å². The summed E-state index contributed by atoms with van der Waals surface area (Å²) in [5.41, 5.74) is -0.801. The van der Waals surface area contributed by atoms with Gasteiger partial charge in [0.25, 0.3) is 5.91 Å². The molecule has 0 spiro atoms. The SMILES string of the molecule is N#CCCN1C(=O)C(O)(C2CC2)c2cc(S(=O)(=O)N3CCCC3)ccc21. The highest BCUT2D eigenvalue weighted by molar-refractivity contribution is 7.89. The van der Waals surface area contributed by atoms with Crippen molar-refractivity contribution in [2.24, 2.45) is 5.92 Å². The van der Waals surface area contributed by atoms with Gasteiger partial charge in [0, 0.05) is 31.1 Å². The Morgan fingerprint density at radius 2 is 1.96 bits per heavy atom. The molecule has 1 atom stereocenters. The minimum absolute atomic E-state index is 0.118. The van der Waals surface area contributed by atoms with E-state index >= 15 is 0 Å². The maximum atomic E-state index is 12.9. The normalized spacial score (nSPS) is 26.2. The third-order valence-corrected chi connectivity index (χ3v) is 7.45. The van der Waals surface area contributed by atoms with Crippen molar-refractivity contribution < 1.29 is 18.3 Å². The third-order valence-electron chi connectivity index (χ3n) is 5.56. The van der Waals surface area contributed by atoms with Crippen LogP contribution in [0.15, 0.2) is 23.1 Å². The summed E-state index contributed by atoms with van der Waals surface area (Å²) < 4.78 is 27.2. The zero-order valence-corrected chi connectivity index (χ0v) is 15.2. The number of fused-ring (bicyclic) bond motifs is 1. The van der Waals surface area contributed by atoms with Crippen molar-refractivity contribution in [2.75, 3.05) is 24.5 Å². The molecule has 1 aromatic carbocycles. The number of benzene rings is 1. The van der Waals surface area contributed by atoms with Crippen molar-refractivity contribution in [3.8, 4) is 6.07 Å². The van der Waals surface area contributed by atoms with E-state index in [1.54, 1.807) is 6.07 Å². The molecule has 1 N–H and O–H groups in total. The molecule has 1 aromatic rings.